The van der Waals surface area contributed by atoms with Gasteiger partial charge in [-0.15, -0.1) is 0 Å². The summed E-state index contributed by atoms with van der Waals surface area (Å²) in [4.78, 5) is 44.8. The van der Waals surface area contributed by atoms with Crippen molar-refractivity contribution in [2.24, 2.45) is 5.92 Å². The van der Waals surface area contributed by atoms with Crippen LogP contribution in [0.4, 0.5) is 8.78 Å². The standard InChI is InChI=1S/C28H39F2N5O4/c1-16(31-2)26(36)33-24(17-7-4-3-5-8-17)28(38)35-21(15-34-13-6-9-22(34)35)27(37)32-20-12-14-39-25-18(20)10-11-19(29)23(25)30/h10-11,16-17,20-22,24,31H,3-9,12-15H2,1-2H3,(H,32,37)(H,33,36)/t16-,20+,21-,22?,24-/m0/s1. The van der Waals surface area contributed by atoms with E-state index in [1.54, 1.807) is 18.9 Å². The number of benzene rings is 1. The van der Waals surface area contributed by atoms with E-state index in [2.05, 4.69) is 20.9 Å². The molecule has 1 saturated carbocycles. The summed E-state index contributed by atoms with van der Waals surface area (Å²) in [5.41, 5.74) is 0.387. The Balaban J connectivity index is 1.39. The lowest BCUT2D eigenvalue weighted by Gasteiger charge is -2.37. The van der Waals surface area contributed by atoms with E-state index < -0.39 is 35.8 Å². The molecule has 0 aromatic heterocycles. The van der Waals surface area contributed by atoms with Crippen molar-refractivity contribution in [3.63, 3.8) is 0 Å². The molecule has 3 N–H and O–H groups in total. The van der Waals surface area contributed by atoms with Crippen molar-refractivity contribution < 1.29 is 27.9 Å². The highest BCUT2D eigenvalue weighted by Gasteiger charge is 2.50. The number of ether oxygens (including phenoxy) is 1. The molecule has 1 unspecified atom stereocenters. The zero-order valence-corrected chi connectivity index (χ0v) is 22.7. The largest absolute Gasteiger partial charge is 0.490 e. The third kappa shape index (κ3) is 5.48. The molecular weight excluding hydrogens is 508 g/mol. The van der Waals surface area contributed by atoms with Crippen molar-refractivity contribution in [1.29, 1.82) is 0 Å². The van der Waals surface area contributed by atoms with E-state index in [9.17, 15) is 23.2 Å². The number of hydrogen-bond donors (Lipinski definition) is 3. The molecule has 5 rings (SSSR count). The van der Waals surface area contributed by atoms with Gasteiger partial charge in [0.2, 0.25) is 23.5 Å². The maximum absolute atomic E-state index is 14.4. The fourth-order valence-corrected chi connectivity index (χ4v) is 6.60. The van der Waals surface area contributed by atoms with Crippen LogP contribution in [0.5, 0.6) is 5.75 Å². The zero-order chi connectivity index (χ0) is 27.7. The van der Waals surface area contributed by atoms with Gasteiger partial charge in [-0.3, -0.25) is 19.3 Å². The summed E-state index contributed by atoms with van der Waals surface area (Å²) in [6.07, 6.45) is 6.72. The van der Waals surface area contributed by atoms with Gasteiger partial charge < -0.3 is 25.6 Å². The molecule has 0 bridgehead atoms. The summed E-state index contributed by atoms with van der Waals surface area (Å²) in [6, 6.07) is 0.00470. The molecule has 1 aromatic carbocycles. The second-order valence-corrected chi connectivity index (χ2v) is 11.3. The van der Waals surface area contributed by atoms with Gasteiger partial charge in [-0.2, -0.15) is 4.39 Å². The molecule has 9 nitrogen and oxygen atoms in total. The molecule has 3 fully saturated rings. The van der Waals surface area contributed by atoms with E-state index in [1.807, 2.05) is 0 Å². The number of amides is 3. The molecule has 4 aliphatic rings. The lowest BCUT2D eigenvalue weighted by molar-refractivity contribution is -0.145. The maximum Gasteiger partial charge on any atom is 0.247 e. The van der Waals surface area contributed by atoms with Crippen molar-refractivity contribution in [2.75, 3.05) is 26.7 Å². The summed E-state index contributed by atoms with van der Waals surface area (Å²) < 4.78 is 33.5. The normalized spacial score (nSPS) is 26.8. The summed E-state index contributed by atoms with van der Waals surface area (Å²) >= 11 is 0. The Morgan fingerprint density at radius 1 is 1.05 bits per heavy atom. The second-order valence-electron chi connectivity index (χ2n) is 11.3. The first kappa shape index (κ1) is 27.8. The number of fused-ring (bicyclic) bond motifs is 2. The molecule has 1 aromatic rings. The Morgan fingerprint density at radius 3 is 2.56 bits per heavy atom. The van der Waals surface area contributed by atoms with Crippen LogP contribution in [0.2, 0.25) is 0 Å². The fraction of sp³-hybridized carbons (Fsp3) is 0.679. The SMILES string of the molecule is CN[C@@H](C)C(=O)N[C@H](C(=O)N1C2CCCN2C[C@H]1C(=O)N[C@@H]1CCOc2c1ccc(F)c2F)C1CCCCC1. The van der Waals surface area contributed by atoms with Crippen LogP contribution in [-0.4, -0.2) is 78.6 Å². The van der Waals surface area contributed by atoms with Gasteiger partial charge in [0.25, 0.3) is 0 Å². The Morgan fingerprint density at radius 2 is 1.82 bits per heavy atom. The molecule has 0 radical (unpaired) electrons. The van der Waals surface area contributed by atoms with Crippen molar-refractivity contribution in [3.05, 3.63) is 29.3 Å². The fourth-order valence-electron chi connectivity index (χ4n) is 6.60. The molecule has 1 aliphatic carbocycles. The first-order chi connectivity index (χ1) is 18.8. The van der Waals surface area contributed by atoms with Crippen LogP contribution < -0.4 is 20.7 Å². The van der Waals surface area contributed by atoms with Crippen LogP contribution in [0, 0.1) is 17.6 Å². The number of carbonyl (C=O) groups is 3. The Hall–Kier alpha value is -2.79. The number of nitrogens with one attached hydrogen (secondary N) is 3. The van der Waals surface area contributed by atoms with Crippen molar-refractivity contribution in [2.45, 2.75) is 88.6 Å². The number of hydrogen-bond acceptors (Lipinski definition) is 6. The Bertz CT molecular complexity index is 1100. The molecule has 3 aliphatic heterocycles. The molecule has 5 atom stereocenters. The van der Waals surface area contributed by atoms with Crippen molar-refractivity contribution in [1.82, 2.24) is 25.8 Å². The molecule has 3 heterocycles. The van der Waals surface area contributed by atoms with Gasteiger partial charge in [0.1, 0.15) is 12.1 Å². The quantitative estimate of drug-likeness (QED) is 0.484. The highest BCUT2D eigenvalue weighted by atomic mass is 19.2. The van der Waals surface area contributed by atoms with E-state index in [4.69, 9.17) is 4.74 Å². The van der Waals surface area contributed by atoms with Gasteiger partial charge in [-0.1, -0.05) is 25.3 Å². The van der Waals surface area contributed by atoms with E-state index in [-0.39, 0.29) is 42.2 Å². The molecular formula is C28H39F2N5O4. The van der Waals surface area contributed by atoms with E-state index in [1.165, 1.54) is 6.07 Å². The van der Waals surface area contributed by atoms with Gasteiger partial charge in [0, 0.05) is 25.1 Å². The monoisotopic (exact) mass is 547 g/mol. The predicted molar refractivity (Wildman–Crippen MR) is 140 cm³/mol. The summed E-state index contributed by atoms with van der Waals surface area (Å²) in [5, 5.41) is 8.96. The lowest BCUT2D eigenvalue weighted by Crippen LogP contribution is -2.60. The zero-order valence-electron chi connectivity index (χ0n) is 22.7. The topological polar surface area (TPSA) is 103 Å². The molecule has 11 heteroatoms. The smallest absolute Gasteiger partial charge is 0.247 e. The van der Waals surface area contributed by atoms with Crippen LogP contribution >= 0.6 is 0 Å². The average molecular weight is 548 g/mol. The van der Waals surface area contributed by atoms with Crippen LogP contribution in [0.3, 0.4) is 0 Å². The van der Waals surface area contributed by atoms with E-state index in [0.717, 1.165) is 57.6 Å². The van der Waals surface area contributed by atoms with Crippen LogP contribution in [0.1, 0.15) is 69.9 Å². The van der Waals surface area contributed by atoms with Crippen LogP contribution in [-0.2, 0) is 14.4 Å². The highest BCUT2D eigenvalue weighted by molar-refractivity contribution is 5.94. The highest BCUT2D eigenvalue weighted by Crippen LogP contribution is 2.37. The predicted octanol–water partition coefficient (Wildman–Crippen LogP) is 2.21. The molecule has 39 heavy (non-hydrogen) atoms. The second kappa shape index (κ2) is 11.8. The van der Waals surface area contributed by atoms with E-state index in [0.29, 0.717) is 18.5 Å². The Labute approximate surface area is 228 Å². The van der Waals surface area contributed by atoms with Crippen molar-refractivity contribution >= 4 is 17.7 Å². The number of nitrogens with zero attached hydrogens (tertiary/aromatic N) is 2. The lowest BCUT2D eigenvalue weighted by atomic mass is 9.83. The molecule has 3 amide bonds. The van der Waals surface area contributed by atoms with Crippen LogP contribution in [0.25, 0.3) is 0 Å². The minimum absolute atomic E-state index is 0.0127. The molecule has 2 saturated heterocycles. The van der Waals surface area contributed by atoms with Crippen molar-refractivity contribution in [3.8, 4) is 5.75 Å². The first-order valence-electron chi connectivity index (χ1n) is 14.2. The number of likely N-dealkylation sites (N-methyl/N-ethyl adjacent to an activating group) is 1. The number of carbonyl (C=O) groups excluding carboxylic acids is 3. The first-order valence-corrected chi connectivity index (χ1v) is 14.2. The third-order valence-electron chi connectivity index (χ3n) is 8.89. The molecule has 214 valence electrons. The van der Waals surface area contributed by atoms with E-state index >= 15 is 0 Å². The maximum atomic E-state index is 14.4. The van der Waals surface area contributed by atoms with Gasteiger partial charge in [-0.05, 0) is 51.6 Å². The van der Waals surface area contributed by atoms with Gasteiger partial charge in [0.15, 0.2) is 11.6 Å². The van der Waals surface area contributed by atoms with Gasteiger partial charge >= 0.3 is 0 Å². The molecule has 0 spiro atoms. The minimum atomic E-state index is -1.06. The Kier molecular flexibility index (Phi) is 8.37. The van der Waals surface area contributed by atoms with Gasteiger partial charge in [-0.25, -0.2) is 4.39 Å². The summed E-state index contributed by atoms with van der Waals surface area (Å²) in [5.74, 6) is -3.02. The summed E-state index contributed by atoms with van der Waals surface area (Å²) in [7, 11) is 1.70. The van der Waals surface area contributed by atoms with Crippen LogP contribution in [0.15, 0.2) is 12.1 Å². The number of halogens is 2. The number of rotatable bonds is 7. The minimum Gasteiger partial charge on any atom is -0.490 e. The van der Waals surface area contributed by atoms with Gasteiger partial charge in [0.05, 0.1) is 24.9 Å². The average Bonchev–Trinajstić information content (AvgIpc) is 3.55. The third-order valence-corrected chi connectivity index (χ3v) is 8.89. The summed E-state index contributed by atoms with van der Waals surface area (Å²) in [6.45, 7) is 3.08.